The number of hydrogen-bond donors (Lipinski definition) is 1. The van der Waals surface area contributed by atoms with E-state index in [-0.39, 0.29) is 0 Å². The van der Waals surface area contributed by atoms with Crippen LogP contribution < -0.4 is 5.32 Å². The lowest BCUT2D eigenvalue weighted by molar-refractivity contribution is 1.12. The van der Waals surface area contributed by atoms with Gasteiger partial charge in [0.15, 0.2) is 0 Å². The van der Waals surface area contributed by atoms with E-state index in [9.17, 15) is 0 Å². The molecule has 0 bridgehead atoms. The maximum atomic E-state index is 8.77. The number of pyridine rings is 2. The van der Waals surface area contributed by atoms with Crippen molar-refractivity contribution in [1.82, 2.24) is 9.97 Å². The summed E-state index contributed by atoms with van der Waals surface area (Å²) < 4.78 is 0. The average Bonchev–Trinajstić information content (AvgIpc) is 2.33. The zero-order valence-corrected chi connectivity index (χ0v) is 9.73. The molecule has 0 atom stereocenters. The van der Waals surface area contributed by atoms with Crippen molar-refractivity contribution < 1.29 is 0 Å². The fourth-order valence-corrected chi connectivity index (χ4v) is 1.52. The van der Waals surface area contributed by atoms with Gasteiger partial charge in [-0.15, -0.1) is 0 Å². The Hall–Kier alpha value is -2.41. The van der Waals surface area contributed by atoms with Gasteiger partial charge in [-0.1, -0.05) is 6.07 Å². The number of nitrogens with zero attached hydrogens (tertiary/aromatic N) is 3. The van der Waals surface area contributed by atoms with Crippen LogP contribution in [0.1, 0.15) is 17.1 Å². The van der Waals surface area contributed by atoms with Gasteiger partial charge >= 0.3 is 0 Å². The first-order valence-corrected chi connectivity index (χ1v) is 5.27. The molecule has 84 valence electrons. The van der Waals surface area contributed by atoms with Crippen molar-refractivity contribution in [1.29, 1.82) is 5.26 Å². The minimum absolute atomic E-state index is 0.396. The number of aromatic nitrogens is 2. The first kappa shape index (κ1) is 11.1. The Kier molecular flexibility index (Phi) is 3.01. The third kappa shape index (κ3) is 2.58. The van der Waals surface area contributed by atoms with Crippen molar-refractivity contribution in [3.05, 3.63) is 47.4 Å². The molecule has 0 radical (unpaired) electrons. The fourth-order valence-electron chi connectivity index (χ4n) is 1.52. The Labute approximate surface area is 100.0 Å². The van der Waals surface area contributed by atoms with Gasteiger partial charge in [-0.2, -0.15) is 5.26 Å². The lowest BCUT2D eigenvalue weighted by Crippen LogP contribution is -1.98. The molecule has 0 saturated carbocycles. The summed E-state index contributed by atoms with van der Waals surface area (Å²) in [5.41, 5.74) is 3.19. The second kappa shape index (κ2) is 4.62. The molecule has 0 aliphatic rings. The smallest absolute Gasteiger partial charge is 0.142 e. The third-order valence-corrected chi connectivity index (χ3v) is 2.35. The second-order valence-corrected chi connectivity index (χ2v) is 3.73. The highest BCUT2D eigenvalue weighted by Crippen LogP contribution is 2.17. The number of rotatable bonds is 2. The van der Waals surface area contributed by atoms with Crippen LogP contribution >= 0.6 is 0 Å². The van der Waals surface area contributed by atoms with E-state index in [1.807, 2.05) is 38.1 Å². The zero-order chi connectivity index (χ0) is 12.3. The van der Waals surface area contributed by atoms with Crippen LogP contribution in [0.4, 0.5) is 11.5 Å². The summed E-state index contributed by atoms with van der Waals surface area (Å²) in [5.74, 6) is 0.651. The summed E-state index contributed by atoms with van der Waals surface area (Å²) in [5, 5.41) is 11.9. The predicted octanol–water partition coefficient (Wildman–Crippen LogP) is 2.71. The van der Waals surface area contributed by atoms with E-state index in [0.29, 0.717) is 11.5 Å². The van der Waals surface area contributed by atoms with E-state index < -0.39 is 0 Å². The van der Waals surface area contributed by atoms with Crippen LogP contribution in [0.2, 0.25) is 0 Å². The van der Waals surface area contributed by atoms with Gasteiger partial charge in [0, 0.05) is 5.69 Å². The van der Waals surface area contributed by atoms with E-state index in [1.165, 1.54) is 0 Å². The van der Waals surface area contributed by atoms with E-state index in [1.54, 1.807) is 12.1 Å². The molecule has 4 nitrogen and oxygen atoms in total. The summed E-state index contributed by atoms with van der Waals surface area (Å²) in [6.07, 6.45) is 0. The predicted molar refractivity (Wildman–Crippen MR) is 65.9 cm³/mol. The van der Waals surface area contributed by atoms with Crippen LogP contribution in [0.25, 0.3) is 0 Å². The number of aryl methyl sites for hydroxylation is 2. The SMILES string of the molecule is Cc1ccc(Nc2cccc(C#N)n2)c(C)n1. The molecule has 0 amide bonds. The van der Waals surface area contributed by atoms with Crippen molar-refractivity contribution >= 4 is 11.5 Å². The molecule has 0 unspecified atom stereocenters. The molecule has 2 aromatic heterocycles. The molecule has 1 N–H and O–H groups in total. The fraction of sp³-hybridized carbons (Fsp3) is 0.154. The molecule has 2 heterocycles. The first-order chi connectivity index (χ1) is 8.19. The first-order valence-electron chi connectivity index (χ1n) is 5.27. The molecule has 0 aromatic carbocycles. The van der Waals surface area contributed by atoms with Crippen LogP contribution in [0.3, 0.4) is 0 Å². The monoisotopic (exact) mass is 224 g/mol. The molecule has 17 heavy (non-hydrogen) atoms. The summed E-state index contributed by atoms with van der Waals surface area (Å²) in [6, 6.07) is 11.2. The molecule has 0 spiro atoms. The van der Waals surface area contributed by atoms with E-state index in [2.05, 4.69) is 15.3 Å². The van der Waals surface area contributed by atoms with Crippen molar-refractivity contribution in [3.8, 4) is 6.07 Å². The quantitative estimate of drug-likeness (QED) is 0.851. The second-order valence-electron chi connectivity index (χ2n) is 3.73. The largest absolute Gasteiger partial charge is 0.339 e. The molecule has 4 heteroatoms. The van der Waals surface area contributed by atoms with Gasteiger partial charge < -0.3 is 5.32 Å². The Balaban J connectivity index is 2.28. The minimum atomic E-state index is 0.396. The zero-order valence-electron chi connectivity index (χ0n) is 9.73. The molecular formula is C13H12N4. The lowest BCUT2D eigenvalue weighted by Gasteiger charge is -2.08. The normalized spacial score (nSPS) is 9.71. The van der Waals surface area contributed by atoms with Gasteiger partial charge in [0.25, 0.3) is 0 Å². The topological polar surface area (TPSA) is 61.6 Å². The molecular weight excluding hydrogens is 212 g/mol. The summed E-state index contributed by atoms with van der Waals surface area (Å²) in [7, 11) is 0. The number of nitrogens with one attached hydrogen (secondary N) is 1. The molecule has 0 aliphatic heterocycles. The standard InChI is InChI=1S/C13H12N4/c1-9-6-7-12(10(2)15-9)17-13-5-3-4-11(8-14)16-13/h3-7H,1-2H3,(H,16,17). The van der Waals surface area contributed by atoms with Crippen molar-refractivity contribution in [2.45, 2.75) is 13.8 Å². The Morgan fingerprint density at radius 1 is 1.12 bits per heavy atom. The summed E-state index contributed by atoms with van der Waals surface area (Å²) in [6.45, 7) is 3.88. The molecule has 2 aromatic rings. The highest BCUT2D eigenvalue weighted by atomic mass is 15.0. The highest BCUT2D eigenvalue weighted by molar-refractivity contribution is 5.58. The van der Waals surface area contributed by atoms with Gasteiger partial charge in [-0.3, -0.25) is 4.98 Å². The van der Waals surface area contributed by atoms with Crippen LogP contribution in [-0.2, 0) is 0 Å². The number of anilines is 2. The Bertz CT molecular complexity index is 584. The summed E-state index contributed by atoms with van der Waals surface area (Å²) in [4.78, 5) is 8.51. The van der Waals surface area contributed by atoms with Crippen LogP contribution in [-0.4, -0.2) is 9.97 Å². The maximum Gasteiger partial charge on any atom is 0.142 e. The average molecular weight is 224 g/mol. The van der Waals surface area contributed by atoms with Gasteiger partial charge in [0.2, 0.25) is 0 Å². The highest BCUT2D eigenvalue weighted by Gasteiger charge is 2.02. The lowest BCUT2D eigenvalue weighted by atomic mass is 10.2. The van der Waals surface area contributed by atoms with Crippen LogP contribution in [0.15, 0.2) is 30.3 Å². The van der Waals surface area contributed by atoms with E-state index >= 15 is 0 Å². The number of hydrogen-bond acceptors (Lipinski definition) is 4. The minimum Gasteiger partial charge on any atom is -0.339 e. The maximum absolute atomic E-state index is 8.77. The van der Waals surface area contributed by atoms with Gasteiger partial charge in [0.05, 0.1) is 11.4 Å². The van der Waals surface area contributed by atoms with Crippen molar-refractivity contribution in [2.75, 3.05) is 5.32 Å². The third-order valence-electron chi connectivity index (χ3n) is 2.35. The molecule has 0 aliphatic carbocycles. The van der Waals surface area contributed by atoms with Gasteiger partial charge in [0.1, 0.15) is 17.6 Å². The number of nitriles is 1. The summed E-state index contributed by atoms with van der Waals surface area (Å²) >= 11 is 0. The van der Waals surface area contributed by atoms with Gasteiger partial charge in [-0.25, -0.2) is 4.98 Å². The Morgan fingerprint density at radius 2 is 1.94 bits per heavy atom. The van der Waals surface area contributed by atoms with E-state index in [0.717, 1.165) is 17.1 Å². The Morgan fingerprint density at radius 3 is 2.65 bits per heavy atom. The molecule has 0 fully saturated rings. The van der Waals surface area contributed by atoms with E-state index in [4.69, 9.17) is 5.26 Å². The van der Waals surface area contributed by atoms with Crippen LogP contribution in [0, 0.1) is 25.2 Å². The van der Waals surface area contributed by atoms with Crippen LogP contribution in [0.5, 0.6) is 0 Å². The molecule has 0 saturated heterocycles. The van der Waals surface area contributed by atoms with Gasteiger partial charge in [-0.05, 0) is 38.1 Å². The van der Waals surface area contributed by atoms with Crippen molar-refractivity contribution in [2.24, 2.45) is 0 Å². The molecule has 2 rings (SSSR count). The van der Waals surface area contributed by atoms with Crippen molar-refractivity contribution in [3.63, 3.8) is 0 Å².